The van der Waals surface area contributed by atoms with Gasteiger partial charge in [0.1, 0.15) is 0 Å². The van der Waals surface area contributed by atoms with E-state index in [2.05, 4.69) is 54.4 Å². The number of hydrogen-bond donors (Lipinski definition) is 1. The minimum absolute atomic E-state index is 0.370. The lowest BCUT2D eigenvalue weighted by Crippen LogP contribution is -2.60. The molecule has 1 saturated heterocycles. The Kier molecular flexibility index (Phi) is 3.64. The van der Waals surface area contributed by atoms with Crippen LogP contribution < -0.4 is 5.32 Å². The van der Waals surface area contributed by atoms with Crippen molar-refractivity contribution in [2.24, 2.45) is 5.92 Å². The van der Waals surface area contributed by atoms with Crippen molar-refractivity contribution in [1.82, 2.24) is 10.2 Å². The Hall–Kier alpha value is -0.860. The Labute approximate surface area is 117 Å². The molecule has 0 radical (unpaired) electrons. The fourth-order valence-electron chi connectivity index (χ4n) is 3.52. The third-order valence-corrected chi connectivity index (χ3v) is 4.89. The number of rotatable bonds is 4. The van der Waals surface area contributed by atoms with E-state index in [1.807, 2.05) is 0 Å². The van der Waals surface area contributed by atoms with Gasteiger partial charge in [0.2, 0.25) is 0 Å². The fraction of sp³-hybridized carbons (Fsp3) is 0.647. The van der Waals surface area contributed by atoms with E-state index in [0.29, 0.717) is 11.5 Å². The first-order valence-corrected chi connectivity index (χ1v) is 7.70. The van der Waals surface area contributed by atoms with Gasteiger partial charge >= 0.3 is 0 Å². The topological polar surface area (TPSA) is 15.3 Å². The summed E-state index contributed by atoms with van der Waals surface area (Å²) in [6.07, 6.45) is 2.84. The van der Waals surface area contributed by atoms with Gasteiger partial charge in [-0.15, -0.1) is 0 Å². The van der Waals surface area contributed by atoms with E-state index in [1.54, 1.807) is 0 Å². The molecule has 1 aromatic carbocycles. The fourth-order valence-corrected chi connectivity index (χ4v) is 3.52. The van der Waals surface area contributed by atoms with Gasteiger partial charge in [0, 0.05) is 31.7 Å². The lowest BCUT2D eigenvalue weighted by Gasteiger charge is -2.43. The summed E-state index contributed by atoms with van der Waals surface area (Å²) in [5.74, 6) is 1.55. The highest BCUT2D eigenvalue weighted by Crippen LogP contribution is 2.40. The quantitative estimate of drug-likeness (QED) is 0.893. The summed E-state index contributed by atoms with van der Waals surface area (Å²) in [6.45, 7) is 9.52. The van der Waals surface area contributed by atoms with Crippen LogP contribution in [-0.2, 0) is 0 Å². The van der Waals surface area contributed by atoms with Crippen LogP contribution in [0.4, 0.5) is 0 Å². The summed E-state index contributed by atoms with van der Waals surface area (Å²) in [5, 5.41) is 3.76. The molecule has 1 aliphatic carbocycles. The molecule has 1 saturated carbocycles. The van der Waals surface area contributed by atoms with Crippen molar-refractivity contribution in [3.05, 3.63) is 35.9 Å². The zero-order valence-electron chi connectivity index (χ0n) is 12.2. The number of piperazine rings is 1. The molecule has 2 aliphatic rings. The lowest BCUT2D eigenvalue weighted by atomic mass is 9.91. The van der Waals surface area contributed by atoms with Crippen LogP contribution in [0, 0.1) is 5.92 Å². The second-order valence-electron chi connectivity index (χ2n) is 6.67. The number of benzene rings is 1. The second-order valence-corrected chi connectivity index (χ2v) is 6.67. The highest BCUT2D eigenvalue weighted by Gasteiger charge is 2.43. The van der Waals surface area contributed by atoms with Gasteiger partial charge in [0.25, 0.3) is 0 Å². The molecule has 3 rings (SSSR count). The standard InChI is InChI=1S/C17H26N2/c1-14(15-6-4-3-5-7-15)12-19-11-10-18-17(2,13-19)16-8-9-16/h3-7,14,16,18H,8-13H2,1-2H3. The summed E-state index contributed by atoms with van der Waals surface area (Å²) < 4.78 is 0. The van der Waals surface area contributed by atoms with Crippen LogP contribution in [0.2, 0.25) is 0 Å². The number of nitrogens with one attached hydrogen (secondary N) is 1. The van der Waals surface area contributed by atoms with E-state index in [0.717, 1.165) is 12.5 Å². The number of hydrogen-bond acceptors (Lipinski definition) is 2. The average molecular weight is 258 g/mol. The summed E-state index contributed by atoms with van der Waals surface area (Å²) in [4.78, 5) is 2.66. The lowest BCUT2D eigenvalue weighted by molar-refractivity contribution is 0.122. The van der Waals surface area contributed by atoms with E-state index >= 15 is 0 Å². The third-order valence-electron chi connectivity index (χ3n) is 4.89. The first kappa shape index (κ1) is 13.1. The largest absolute Gasteiger partial charge is 0.309 e. The van der Waals surface area contributed by atoms with Crippen molar-refractivity contribution in [3.8, 4) is 0 Å². The minimum atomic E-state index is 0.370. The second kappa shape index (κ2) is 5.26. The molecule has 2 nitrogen and oxygen atoms in total. The Morgan fingerprint density at radius 2 is 2.05 bits per heavy atom. The Balaban J connectivity index is 1.60. The van der Waals surface area contributed by atoms with E-state index in [9.17, 15) is 0 Å². The van der Waals surface area contributed by atoms with Crippen molar-refractivity contribution < 1.29 is 0 Å². The van der Waals surface area contributed by atoms with Gasteiger partial charge in [-0.1, -0.05) is 37.3 Å². The van der Waals surface area contributed by atoms with Crippen LogP contribution in [0.3, 0.4) is 0 Å². The smallest absolute Gasteiger partial charge is 0.0309 e. The molecule has 2 atom stereocenters. The van der Waals surface area contributed by atoms with Crippen molar-refractivity contribution in [3.63, 3.8) is 0 Å². The normalized spacial score (nSPS) is 30.2. The van der Waals surface area contributed by atoms with E-state index in [1.165, 1.54) is 38.0 Å². The molecular weight excluding hydrogens is 232 g/mol. The Bertz CT molecular complexity index is 413. The third kappa shape index (κ3) is 3.01. The summed E-state index contributed by atoms with van der Waals surface area (Å²) in [6, 6.07) is 10.9. The summed E-state index contributed by atoms with van der Waals surface area (Å²) in [5.41, 5.74) is 1.84. The molecule has 1 aliphatic heterocycles. The van der Waals surface area contributed by atoms with Gasteiger partial charge in [-0.05, 0) is 37.2 Å². The predicted molar refractivity (Wildman–Crippen MR) is 80.4 cm³/mol. The van der Waals surface area contributed by atoms with Crippen molar-refractivity contribution >= 4 is 0 Å². The maximum Gasteiger partial charge on any atom is 0.0309 e. The van der Waals surface area contributed by atoms with Crippen LogP contribution >= 0.6 is 0 Å². The van der Waals surface area contributed by atoms with Gasteiger partial charge in [-0.25, -0.2) is 0 Å². The van der Waals surface area contributed by atoms with Crippen LogP contribution in [0.25, 0.3) is 0 Å². The molecular formula is C17H26N2. The molecule has 1 N–H and O–H groups in total. The SMILES string of the molecule is CC(CN1CCNC(C)(C2CC2)C1)c1ccccc1. The van der Waals surface area contributed by atoms with Gasteiger partial charge < -0.3 is 5.32 Å². The maximum absolute atomic E-state index is 3.76. The zero-order chi connectivity index (χ0) is 13.3. The molecule has 2 unspecified atom stereocenters. The molecule has 0 bridgehead atoms. The molecule has 104 valence electrons. The van der Waals surface area contributed by atoms with Gasteiger partial charge in [0.05, 0.1) is 0 Å². The molecule has 1 aromatic rings. The average Bonchev–Trinajstić information content (AvgIpc) is 3.24. The van der Waals surface area contributed by atoms with Crippen LogP contribution in [0.5, 0.6) is 0 Å². The Morgan fingerprint density at radius 3 is 2.74 bits per heavy atom. The molecule has 0 spiro atoms. The van der Waals surface area contributed by atoms with Crippen LogP contribution in [-0.4, -0.2) is 36.6 Å². The first-order valence-electron chi connectivity index (χ1n) is 7.70. The van der Waals surface area contributed by atoms with E-state index < -0.39 is 0 Å². The van der Waals surface area contributed by atoms with E-state index in [-0.39, 0.29) is 0 Å². The highest BCUT2D eigenvalue weighted by molar-refractivity contribution is 5.19. The predicted octanol–water partition coefficient (Wildman–Crippen LogP) is 2.86. The summed E-state index contributed by atoms with van der Waals surface area (Å²) >= 11 is 0. The van der Waals surface area contributed by atoms with E-state index in [4.69, 9.17) is 0 Å². The first-order chi connectivity index (χ1) is 9.17. The zero-order valence-corrected chi connectivity index (χ0v) is 12.2. The van der Waals surface area contributed by atoms with Gasteiger partial charge in [-0.3, -0.25) is 4.90 Å². The molecule has 2 fully saturated rings. The summed E-state index contributed by atoms with van der Waals surface area (Å²) in [7, 11) is 0. The van der Waals surface area contributed by atoms with Crippen molar-refractivity contribution in [2.45, 2.75) is 38.1 Å². The monoisotopic (exact) mass is 258 g/mol. The molecule has 0 aromatic heterocycles. The van der Waals surface area contributed by atoms with Gasteiger partial charge in [-0.2, -0.15) is 0 Å². The Morgan fingerprint density at radius 1 is 1.32 bits per heavy atom. The molecule has 1 heterocycles. The molecule has 2 heteroatoms. The minimum Gasteiger partial charge on any atom is -0.309 e. The van der Waals surface area contributed by atoms with Crippen molar-refractivity contribution in [2.75, 3.05) is 26.2 Å². The number of nitrogens with zero attached hydrogens (tertiary/aromatic N) is 1. The van der Waals surface area contributed by atoms with Gasteiger partial charge in [0.15, 0.2) is 0 Å². The molecule has 19 heavy (non-hydrogen) atoms. The van der Waals surface area contributed by atoms with Crippen LogP contribution in [0.15, 0.2) is 30.3 Å². The van der Waals surface area contributed by atoms with Crippen molar-refractivity contribution in [1.29, 1.82) is 0 Å². The molecule has 0 amide bonds. The highest BCUT2D eigenvalue weighted by atomic mass is 15.2. The van der Waals surface area contributed by atoms with Crippen LogP contribution in [0.1, 0.15) is 38.2 Å². The maximum atomic E-state index is 3.76.